The third-order valence-electron chi connectivity index (χ3n) is 5.60. The van der Waals surface area contributed by atoms with E-state index in [1.807, 2.05) is 0 Å². The first-order valence-electron chi connectivity index (χ1n) is 9.95. The Morgan fingerprint density at radius 3 is 2.50 bits per heavy atom. The van der Waals surface area contributed by atoms with Crippen LogP contribution in [0.5, 0.6) is 17.2 Å². The summed E-state index contributed by atoms with van der Waals surface area (Å²) >= 11 is 0. The van der Waals surface area contributed by atoms with Crippen molar-refractivity contribution in [1.29, 1.82) is 0 Å². The number of amides is 1. The van der Waals surface area contributed by atoms with Gasteiger partial charge in [0.2, 0.25) is 5.91 Å². The van der Waals surface area contributed by atoms with E-state index in [0.717, 1.165) is 6.07 Å². The number of anilines is 1. The van der Waals surface area contributed by atoms with Gasteiger partial charge in [-0.1, -0.05) is 6.07 Å². The van der Waals surface area contributed by atoms with Crippen molar-refractivity contribution in [2.24, 2.45) is 0 Å². The van der Waals surface area contributed by atoms with Crippen LogP contribution in [-0.4, -0.2) is 34.9 Å². The first-order chi connectivity index (χ1) is 16.1. The molecule has 11 heteroatoms. The molecule has 2 aliphatic heterocycles. The van der Waals surface area contributed by atoms with Crippen LogP contribution in [0.2, 0.25) is 0 Å². The molecule has 34 heavy (non-hydrogen) atoms. The maximum Gasteiger partial charge on any atom is 0.586 e. The van der Waals surface area contributed by atoms with E-state index in [2.05, 4.69) is 19.8 Å². The molecule has 2 aromatic carbocycles. The minimum absolute atomic E-state index is 0.0514. The van der Waals surface area contributed by atoms with Gasteiger partial charge in [0, 0.05) is 17.2 Å². The van der Waals surface area contributed by atoms with E-state index in [1.165, 1.54) is 36.4 Å². The molecule has 2 N–H and O–H groups in total. The van der Waals surface area contributed by atoms with E-state index in [-0.39, 0.29) is 46.5 Å². The zero-order valence-electron chi connectivity index (χ0n) is 17.4. The van der Waals surface area contributed by atoms with Crippen LogP contribution >= 0.6 is 0 Å². The Labute approximate surface area is 189 Å². The third-order valence-corrected chi connectivity index (χ3v) is 5.60. The highest BCUT2D eigenvalue weighted by atomic mass is 19.3. The average Bonchev–Trinajstić information content (AvgIpc) is 3.27. The van der Waals surface area contributed by atoms with Gasteiger partial charge in [-0.25, -0.2) is 14.2 Å². The standard InChI is InChI=1S/C23H15F3N2O6/c1-22(10-32-16-9-18-17(8-13(16)22)33-23(25,26)34-18)21(31)28-19-4-2-3-15(27-19)12-6-5-11(20(29)30)7-14(12)24/h2-9H,10H2,1H3,(H,29,30)(H,27,28,31)/t22-/m0/s1. The van der Waals surface area contributed by atoms with Crippen molar-refractivity contribution < 1.29 is 42.1 Å². The highest BCUT2D eigenvalue weighted by Crippen LogP contribution is 2.50. The van der Waals surface area contributed by atoms with Gasteiger partial charge < -0.3 is 24.6 Å². The molecule has 0 saturated heterocycles. The second kappa shape index (κ2) is 7.37. The molecule has 0 saturated carbocycles. The van der Waals surface area contributed by atoms with E-state index in [9.17, 15) is 22.8 Å². The topological polar surface area (TPSA) is 107 Å². The number of alkyl halides is 2. The molecule has 0 bridgehead atoms. The van der Waals surface area contributed by atoms with Gasteiger partial charge >= 0.3 is 12.3 Å². The smallest absolute Gasteiger partial charge is 0.492 e. The van der Waals surface area contributed by atoms with Gasteiger partial charge in [0.15, 0.2) is 11.5 Å². The number of carbonyl (C=O) groups excluding carboxylic acids is 1. The number of fused-ring (bicyclic) bond motifs is 2. The predicted molar refractivity (Wildman–Crippen MR) is 111 cm³/mol. The molecule has 0 spiro atoms. The minimum Gasteiger partial charge on any atom is -0.492 e. The number of benzene rings is 2. The largest absolute Gasteiger partial charge is 0.586 e. The average molecular weight is 472 g/mol. The number of rotatable bonds is 4. The number of nitrogens with one attached hydrogen (secondary N) is 1. The summed E-state index contributed by atoms with van der Waals surface area (Å²) in [5.41, 5.74) is -0.923. The molecule has 0 radical (unpaired) electrons. The summed E-state index contributed by atoms with van der Waals surface area (Å²) in [6.45, 7) is 1.50. The lowest BCUT2D eigenvalue weighted by Gasteiger charge is -2.21. The molecule has 0 aliphatic carbocycles. The lowest BCUT2D eigenvalue weighted by atomic mass is 9.83. The predicted octanol–water partition coefficient (Wildman–Crippen LogP) is 4.20. The summed E-state index contributed by atoms with van der Waals surface area (Å²) in [7, 11) is 0. The van der Waals surface area contributed by atoms with Crippen LogP contribution in [0.15, 0.2) is 48.5 Å². The number of ether oxygens (including phenoxy) is 3. The second-order valence-electron chi connectivity index (χ2n) is 7.95. The van der Waals surface area contributed by atoms with E-state index < -0.39 is 29.4 Å². The number of nitrogens with zero attached hydrogens (tertiary/aromatic N) is 1. The number of pyridine rings is 1. The monoisotopic (exact) mass is 472 g/mol. The van der Waals surface area contributed by atoms with Crippen molar-refractivity contribution in [3.63, 3.8) is 0 Å². The number of aromatic carboxylic acids is 1. The molecule has 0 fully saturated rings. The third kappa shape index (κ3) is 3.54. The number of carboxylic acid groups (broad SMARTS) is 1. The normalized spacial score (nSPS) is 19.3. The summed E-state index contributed by atoms with van der Waals surface area (Å²) in [5.74, 6) is -2.69. The zero-order valence-corrected chi connectivity index (χ0v) is 17.4. The van der Waals surface area contributed by atoms with Gasteiger partial charge in [0.25, 0.3) is 0 Å². The second-order valence-corrected chi connectivity index (χ2v) is 7.95. The van der Waals surface area contributed by atoms with Gasteiger partial charge in [0.1, 0.15) is 29.4 Å². The van der Waals surface area contributed by atoms with Crippen LogP contribution in [0, 0.1) is 5.82 Å². The molecule has 3 aromatic rings. The molecule has 1 amide bonds. The lowest BCUT2D eigenvalue weighted by Crippen LogP contribution is -2.39. The van der Waals surface area contributed by atoms with Crippen LogP contribution in [-0.2, 0) is 10.2 Å². The van der Waals surface area contributed by atoms with E-state index in [4.69, 9.17) is 9.84 Å². The quantitative estimate of drug-likeness (QED) is 0.586. The maximum atomic E-state index is 14.4. The first kappa shape index (κ1) is 21.6. The molecule has 8 nitrogen and oxygen atoms in total. The maximum absolute atomic E-state index is 14.4. The van der Waals surface area contributed by atoms with Crippen molar-refractivity contribution in [3.8, 4) is 28.5 Å². The SMILES string of the molecule is C[C@]1(C(=O)Nc2cccc(-c3ccc(C(=O)O)cc3F)n2)COc2cc3c(cc21)OC(F)(F)O3. The Morgan fingerprint density at radius 2 is 1.79 bits per heavy atom. The van der Waals surface area contributed by atoms with Gasteiger partial charge in [-0.15, -0.1) is 8.78 Å². The molecule has 2 aliphatic rings. The first-order valence-corrected chi connectivity index (χ1v) is 9.95. The highest BCUT2D eigenvalue weighted by molar-refractivity contribution is 6.00. The Morgan fingerprint density at radius 1 is 1.06 bits per heavy atom. The van der Waals surface area contributed by atoms with Crippen LogP contribution in [0.25, 0.3) is 11.3 Å². The summed E-state index contributed by atoms with van der Waals surface area (Å²) in [5, 5.41) is 11.6. The summed E-state index contributed by atoms with van der Waals surface area (Å²) in [6, 6.07) is 10.5. The molecule has 5 rings (SSSR count). The molecular weight excluding hydrogens is 457 g/mol. The highest BCUT2D eigenvalue weighted by Gasteiger charge is 2.49. The van der Waals surface area contributed by atoms with Crippen molar-refractivity contribution in [3.05, 3.63) is 65.5 Å². The van der Waals surface area contributed by atoms with E-state index >= 15 is 0 Å². The molecule has 1 aromatic heterocycles. The van der Waals surface area contributed by atoms with Crippen LogP contribution < -0.4 is 19.5 Å². The molecule has 174 valence electrons. The number of hydrogen-bond donors (Lipinski definition) is 2. The lowest BCUT2D eigenvalue weighted by molar-refractivity contribution is -0.286. The Bertz CT molecular complexity index is 1360. The number of carbonyl (C=O) groups is 2. The number of aromatic nitrogens is 1. The Balaban J connectivity index is 1.41. The number of hydrogen-bond acceptors (Lipinski definition) is 6. The minimum atomic E-state index is -3.81. The van der Waals surface area contributed by atoms with Crippen LogP contribution in [0.4, 0.5) is 19.0 Å². The fraction of sp³-hybridized carbons (Fsp3) is 0.174. The van der Waals surface area contributed by atoms with Crippen molar-refractivity contribution in [2.75, 3.05) is 11.9 Å². The molecular formula is C23H15F3N2O6. The van der Waals surface area contributed by atoms with Crippen molar-refractivity contribution >= 4 is 17.7 Å². The van der Waals surface area contributed by atoms with Gasteiger partial charge in [-0.2, -0.15) is 0 Å². The van der Waals surface area contributed by atoms with Crippen molar-refractivity contribution in [1.82, 2.24) is 4.98 Å². The van der Waals surface area contributed by atoms with Crippen LogP contribution in [0.1, 0.15) is 22.8 Å². The number of halogens is 3. The zero-order chi connectivity index (χ0) is 24.3. The summed E-state index contributed by atoms with van der Waals surface area (Å²) < 4.78 is 55.7. The molecule has 0 unspecified atom stereocenters. The van der Waals surface area contributed by atoms with Gasteiger partial charge in [-0.05, 0) is 43.3 Å². The summed E-state index contributed by atoms with van der Waals surface area (Å²) in [6.07, 6.45) is -3.81. The fourth-order valence-corrected chi connectivity index (χ4v) is 3.78. The number of carboxylic acids is 1. The van der Waals surface area contributed by atoms with Gasteiger partial charge in [-0.3, -0.25) is 4.79 Å². The van der Waals surface area contributed by atoms with E-state index in [1.54, 1.807) is 13.0 Å². The van der Waals surface area contributed by atoms with Gasteiger partial charge in [0.05, 0.1) is 11.3 Å². The van der Waals surface area contributed by atoms with E-state index in [0.29, 0.717) is 5.56 Å². The Kier molecular flexibility index (Phi) is 4.67. The molecule has 3 heterocycles. The van der Waals surface area contributed by atoms with Crippen LogP contribution in [0.3, 0.4) is 0 Å². The van der Waals surface area contributed by atoms with Crippen molar-refractivity contribution in [2.45, 2.75) is 18.6 Å². The Hall–Kier alpha value is -4.28. The summed E-state index contributed by atoms with van der Waals surface area (Å²) in [4.78, 5) is 28.4. The fourth-order valence-electron chi connectivity index (χ4n) is 3.78. The molecule has 1 atom stereocenters.